The van der Waals surface area contributed by atoms with E-state index in [4.69, 9.17) is 0 Å². The molecule has 8 aromatic rings. The van der Waals surface area contributed by atoms with Crippen LogP contribution in [0.15, 0.2) is 183 Å². The first-order valence-corrected chi connectivity index (χ1v) is 17.1. The fraction of sp³-hybridized carbons (Fsp3) is 0.0417. The van der Waals surface area contributed by atoms with Crippen molar-refractivity contribution in [3.05, 3.63) is 194 Å². The van der Waals surface area contributed by atoms with Crippen LogP contribution in [0.1, 0.15) is 11.1 Å². The van der Waals surface area contributed by atoms with E-state index in [-0.39, 0.29) is 0 Å². The van der Waals surface area contributed by atoms with Gasteiger partial charge in [-0.1, -0.05) is 140 Å². The van der Waals surface area contributed by atoms with Gasteiger partial charge in [-0.25, -0.2) is 0 Å². The van der Waals surface area contributed by atoms with Crippen molar-refractivity contribution in [2.75, 3.05) is 16.8 Å². The van der Waals surface area contributed by atoms with E-state index < -0.39 is 0 Å². The van der Waals surface area contributed by atoms with Gasteiger partial charge < -0.3 is 9.80 Å². The summed E-state index contributed by atoms with van der Waals surface area (Å²) < 4.78 is 0. The molecule has 2 heteroatoms. The topological polar surface area (TPSA) is 6.48 Å². The highest BCUT2D eigenvalue weighted by atomic mass is 15.2. The summed E-state index contributed by atoms with van der Waals surface area (Å²) >= 11 is 0. The standard InChI is InChI=1S/C48H38N2/c1-4-5-22-44-34(2)47(45-23-14-15-24-46(45)48(44)49(3)41-18-8-6-9-19-41)50(42-20-10-7-11-21-42)43-30-29-39-32-38(27-28-40(39)33-43)37-26-25-35-16-12-13-17-36(35)31-37/h4-33H,1H2,2-3H3/b22-5-. The second kappa shape index (κ2) is 13.3. The van der Waals surface area contributed by atoms with Gasteiger partial charge in [0.15, 0.2) is 0 Å². The monoisotopic (exact) mass is 642 g/mol. The van der Waals surface area contributed by atoms with Crippen LogP contribution in [0.5, 0.6) is 0 Å². The molecule has 0 amide bonds. The molecule has 0 bridgehead atoms. The molecule has 8 aromatic carbocycles. The van der Waals surface area contributed by atoms with Gasteiger partial charge in [0.05, 0.1) is 11.4 Å². The average molecular weight is 643 g/mol. The summed E-state index contributed by atoms with van der Waals surface area (Å²) in [6, 6.07) is 59.0. The molecule has 0 spiro atoms. The van der Waals surface area contributed by atoms with Crippen molar-refractivity contribution < 1.29 is 0 Å². The number of nitrogens with zero attached hydrogens (tertiary/aromatic N) is 2. The molecule has 240 valence electrons. The fourth-order valence-electron chi connectivity index (χ4n) is 7.25. The van der Waals surface area contributed by atoms with Gasteiger partial charge in [-0.3, -0.25) is 0 Å². The van der Waals surface area contributed by atoms with Crippen molar-refractivity contribution in [1.82, 2.24) is 0 Å². The van der Waals surface area contributed by atoms with Gasteiger partial charge in [-0.2, -0.15) is 0 Å². The maximum atomic E-state index is 4.01. The fourth-order valence-corrected chi connectivity index (χ4v) is 7.25. The van der Waals surface area contributed by atoms with Gasteiger partial charge in [0.2, 0.25) is 0 Å². The first-order valence-electron chi connectivity index (χ1n) is 17.1. The van der Waals surface area contributed by atoms with Crippen LogP contribution in [0.4, 0.5) is 28.4 Å². The molecule has 0 saturated carbocycles. The number of rotatable bonds is 8. The first kappa shape index (κ1) is 30.9. The summed E-state index contributed by atoms with van der Waals surface area (Å²) in [6.45, 7) is 6.26. The van der Waals surface area contributed by atoms with E-state index in [0.717, 1.165) is 28.3 Å². The van der Waals surface area contributed by atoms with Gasteiger partial charge in [-0.15, -0.1) is 0 Å². The van der Waals surface area contributed by atoms with Crippen LogP contribution in [-0.4, -0.2) is 7.05 Å². The average Bonchev–Trinajstić information content (AvgIpc) is 3.18. The van der Waals surface area contributed by atoms with E-state index in [1.807, 2.05) is 12.2 Å². The van der Waals surface area contributed by atoms with Crippen LogP contribution >= 0.6 is 0 Å². The van der Waals surface area contributed by atoms with Crippen molar-refractivity contribution in [3.8, 4) is 11.1 Å². The summed E-state index contributed by atoms with van der Waals surface area (Å²) in [6.07, 6.45) is 6.09. The Labute approximate surface area is 294 Å². The number of allylic oxidation sites excluding steroid dienone is 2. The summed E-state index contributed by atoms with van der Waals surface area (Å²) in [5.41, 5.74) is 10.5. The van der Waals surface area contributed by atoms with Crippen molar-refractivity contribution >= 4 is 66.8 Å². The molecule has 0 aliphatic heterocycles. The molecule has 0 N–H and O–H groups in total. The Morgan fingerprint density at radius 3 is 1.68 bits per heavy atom. The normalized spacial score (nSPS) is 11.4. The van der Waals surface area contributed by atoms with Crippen molar-refractivity contribution in [2.45, 2.75) is 6.92 Å². The zero-order valence-electron chi connectivity index (χ0n) is 28.4. The van der Waals surface area contributed by atoms with Crippen LogP contribution in [0.3, 0.4) is 0 Å². The van der Waals surface area contributed by atoms with Crippen molar-refractivity contribution in [2.24, 2.45) is 0 Å². The maximum absolute atomic E-state index is 4.01. The van der Waals surface area contributed by atoms with E-state index in [9.17, 15) is 0 Å². The molecule has 0 aliphatic rings. The number of para-hydroxylation sites is 2. The Bertz CT molecular complexity index is 2530. The molecule has 8 rings (SSSR count). The predicted octanol–water partition coefficient (Wildman–Crippen LogP) is 13.6. The summed E-state index contributed by atoms with van der Waals surface area (Å²) in [5.74, 6) is 0. The van der Waals surface area contributed by atoms with Crippen LogP contribution in [-0.2, 0) is 0 Å². The molecule has 0 fully saturated rings. The lowest BCUT2D eigenvalue weighted by atomic mass is 9.93. The van der Waals surface area contributed by atoms with Crippen LogP contribution < -0.4 is 9.80 Å². The number of hydrogen-bond donors (Lipinski definition) is 0. The summed E-state index contributed by atoms with van der Waals surface area (Å²) in [5, 5.41) is 7.29. The third-order valence-corrected chi connectivity index (χ3v) is 9.73. The molecule has 0 unspecified atom stereocenters. The first-order chi connectivity index (χ1) is 24.6. The highest BCUT2D eigenvalue weighted by molar-refractivity contribution is 6.11. The minimum Gasteiger partial charge on any atom is -0.344 e. The van der Waals surface area contributed by atoms with Gasteiger partial charge in [0.25, 0.3) is 0 Å². The number of hydrogen-bond acceptors (Lipinski definition) is 2. The minimum absolute atomic E-state index is 1.11. The lowest BCUT2D eigenvalue weighted by Crippen LogP contribution is -2.16. The lowest BCUT2D eigenvalue weighted by Gasteiger charge is -2.32. The molecule has 0 radical (unpaired) electrons. The Hall–Kier alpha value is -6.38. The van der Waals surface area contributed by atoms with E-state index in [2.05, 4.69) is 200 Å². The number of benzene rings is 8. The van der Waals surface area contributed by atoms with Gasteiger partial charge >= 0.3 is 0 Å². The van der Waals surface area contributed by atoms with Gasteiger partial charge in [0, 0.05) is 40.4 Å². The summed E-state index contributed by atoms with van der Waals surface area (Å²) in [7, 11) is 2.16. The van der Waals surface area contributed by atoms with Gasteiger partial charge in [0.1, 0.15) is 0 Å². The molecule has 0 atom stereocenters. The second-order valence-corrected chi connectivity index (χ2v) is 12.7. The molecular formula is C48H38N2. The number of anilines is 5. The zero-order valence-corrected chi connectivity index (χ0v) is 28.4. The smallest absolute Gasteiger partial charge is 0.0576 e. The Morgan fingerprint density at radius 1 is 0.480 bits per heavy atom. The molecule has 0 aliphatic carbocycles. The van der Waals surface area contributed by atoms with E-state index in [0.29, 0.717) is 0 Å². The third-order valence-electron chi connectivity index (χ3n) is 9.73. The predicted molar refractivity (Wildman–Crippen MR) is 218 cm³/mol. The highest BCUT2D eigenvalue weighted by Gasteiger charge is 2.24. The van der Waals surface area contributed by atoms with E-state index >= 15 is 0 Å². The van der Waals surface area contributed by atoms with E-state index in [1.54, 1.807) is 0 Å². The quantitative estimate of drug-likeness (QED) is 0.152. The maximum Gasteiger partial charge on any atom is 0.0576 e. The lowest BCUT2D eigenvalue weighted by molar-refractivity contribution is 1.20. The molecule has 2 nitrogen and oxygen atoms in total. The third kappa shape index (κ3) is 5.61. The summed E-state index contributed by atoms with van der Waals surface area (Å²) in [4.78, 5) is 4.73. The number of fused-ring (bicyclic) bond motifs is 3. The Morgan fingerprint density at radius 2 is 1.00 bits per heavy atom. The van der Waals surface area contributed by atoms with Crippen molar-refractivity contribution in [3.63, 3.8) is 0 Å². The molecule has 0 heterocycles. The van der Waals surface area contributed by atoms with Gasteiger partial charge in [-0.05, 0) is 93.7 Å². The van der Waals surface area contributed by atoms with Crippen LogP contribution in [0.25, 0.3) is 49.5 Å². The van der Waals surface area contributed by atoms with Crippen molar-refractivity contribution in [1.29, 1.82) is 0 Å². The minimum atomic E-state index is 1.11. The van der Waals surface area contributed by atoms with E-state index in [1.165, 1.54) is 54.7 Å². The molecule has 50 heavy (non-hydrogen) atoms. The van der Waals surface area contributed by atoms with Crippen LogP contribution in [0, 0.1) is 6.92 Å². The Kier molecular flexibility index (Phi) is 8.20. The SMILES string of the molecule is C=C/C=C\c1c(C)c(N(c2ccccc2)c2ccc3cc(-c4ccc5ccccc5c4)ccc3c2)c2ccccc2c1N(C)c1ccccc1. The zero-order chi connectivity index (χ0) is 34.0. The highest BCUT2D eigenvalue weighted by Crippen LogP contribution is 2.48. The molecule has 0 aromatic heterocycles. The molecule has 0 saturated heterocycles. The molecular weight excluding hydrogens is 605 g/mol. The largest absolute Gasteiger partial charge is 0.344 e. The Balaban J connectivity index is 1.32. The van der Waals surface area contributed by atoms with Crippen LogP contribution in [0.2, 0.25) is 0 Å². The second-order valence-electron chi connectivity index (χ2n) is 12.7.